The first kappa shape index (κ1) is 18.8. The summed E-state index contributed by atoms with van der Waals surface area (Å²) in [6.07, 6.45) is -0.163. The Hall–Kier alpha value is -3.03. The van der Waals surface area contributed by atoms with Gasteiger partial charge in [-0.2, -0.15) is 5.10 Å². The number of hydrogen-bond donors (Lipinski definition) is 1. The minimum Gasteiger partial charge on any atom is -0.490 e. The minimum atomic E-state index is -0.965. The second kappa shape index (κ2) is 7.69. The molecule has 1 aromatic carbocycles. The van der Waals surface area contributed by atoms with Gasteiger partial charge in [-0.05, 0) is 32.9 Å². The fourth-order valence-corrected chi connectivity index (χ4v) is 2.83. The lowest BCUT2D eigenvalue weighted by Gasteiger charge is -2.15. The Bertz CT molecular complexity index is 874. The van der Waals surface area contributed by atoms with E-state index in [0.717, 1.165) is 6.42 Å². The van der Waals surface area contributed by atoms with E-state index in [-0.39, 0.29) is 0 Å². The summed E-state index contributed by atoms with van der Waals surface area (Å²) >= 11 is 0. The third kappa shape index (κ3) is 4.05. The second-order valence-electron chi connectivity index (χ2n) is 6.42. The van der Waals surface area contributed by atoms with Gasteiger partial charge >= 0.3 is 5.97 Å². The Kier molecular flexibility index (Phi) is 5.34. The molecule has 27 heavy (non-hydrogen) atoms. The van der Waals surface area contributed by atoms with Crippen molar-refractivity contribution < 1.29 is 23.8 Å². The summed E-state index contributed by atoms with van der Waals surface area (Å²) in [5, 5.41) is 6.92. The first-order valence-electron chi connectivity index (χ1n) is 8.78. The zero-order valence-electron chi connectivity index (χ0n) is 15.9. The first-order chi connectivity index (χ1) is 12.9. The normalized spacial score (nSPS) is 14.2. The summed E-state index contributed by atoms with van der Waals surface area (Å²) in [6.45, 7) is 6.18. The fraction of sp³-hybridized carbons (Fsp3) is 0.421. The molecule has 8 heteroatoms. The van der Waals surface area contributed by atoms with Crippen molar-refractivity contribution >= 4 is 17.6 Å². The Morgan fingerprint density at radius 1 is 1.22 bits per heavy atom. The van der Waals surface area contributed by atoms with Crippen LogP contribution in [0.15, 0.2) is 18.2 Å². The van der Waals surface area contributed by atoms with Gasteiger partial charge in [-0.1, -0.05) is 0 Å². The maximum atomic E-state index is 12.4. The number of fused-ring (bicyclic) bond motifs is 1. The number of ether oxygens (including phenoxy) is 3. The number of benzene rings is 1. The molecule has 8 nitrogen and oxygen atoms in total. The van der Waals surface area contributed by atoms with Gasteiger partial charge in [-0.3, -0.25) is 9.48 Å². The molecule has 0 radical (unpaired) electrons. The van der Waals surface area contributed by atoms with Crippen LogP contribution in [-0.2, 0) is 16.6 Å². The van der Waals surface area contributed by atoms with Crippen molar-refractivity contribution in [2.24, 2.45) is 7.05 Å². The number of carbonyl (C=O) groups excluding carboxylic acids is 2. The topological polar surface area (TPSA) is 91.7 Å². The standard InChI is InChI=1S/C19H23N3O5/c1-11-17(12(2)22(4)21-11)19(24)27-13(3)18(23)20-14-6-7-15-16(10-14)26-9-5-8-25-15/h6-7,10,13H,5,8-9H2,1-4H3,(H,20,23)/t13-/m0/s1. The molecule has 0 saturated heterocycles. The number of aromatic nitrogens is 2. The van der Waals surface area contributed by atoms with Crippen LogP contribution >= 0.6 is 0 Å². The molecule has 1 aromatic heterocycles. The molecule has 0 saturated carbocycles. The molecule has 3 rings (SSSR count). The van der Waals surface area contributed by atoms with Gasteiger partial charge in [-0.15, -0.1) is 0 Å². The number of nitrogens with zero attached hydrogens (tertiary/aromatic N) is 2. The molecule has 1 aliphatic rings. The van der Waals surface area contributed by atoms with Crippen molar-refractivity contribution in [1.82, 2.24) is 9.78 Å². The average Bonchev–Trinajstić information content (AvgIpc) is 2.79. The zero-order valence-corrected chi connectivity index (χ0v) is 15.9. The van der Waals surface area contributed by atoms with Gasteiger partial charge in [0, 0.05) is 30.9 Å². The average molecular weight is 373 g/mol. The number of anilines is 1. The van der Waals surface area contributed by atoms with Crippen molar-refractivity contribution in [2.45, 2.75) is 33.3 Å². The van der Waals surface area contributed by atoms with E-state index in [1.807, 2.05) is 0 Å². The van der Waals surface area contributed by atoms with Crippen LogP contribution in [0.5, 0.6) is 11.5 Å². The van der Waals surface area contributed by atoms with E-state index in [1.54, 1.807) is 43.8 Å². The molecule has 0 fully saturated rings. The number of amides is 1. The highest BCUT2D eigenvalue weighted by atomic mass is 16.5. The SMILES string of the molecule is Cc1nn(C)c(C)c1C(=O)O[C@@H](C)C(=O)Nc1ccc2c(c1)OCCCO2. The van der Waals surface area contributed by atoms with Crippen molar-refractivity contribution in [2.75, 3.05) is 18.5 Å². The summed E-state index contributed by atoms with van der Waals surface area (Å²) in [4.78, 5) is 24.8. The number of aryl methyl sites for hydroxylation is 2. The number of hydrogen-bond acceptors (Lipinski definition) is 6. The van der Waals surface area contributed by atoms with Gasteiger partial charge in [0.1, 0.15) is 5.56 Å². The van der Waals surface area contributed by atoms with E-state index in [0.29, 0.717) is 47.4 Å². The fourth-order valence-electron chi connectivity index (χ4n) is 2.83. The lowest BCUT2D eigenvalue weighted by molar-refractivity contribution is -0.123. The van der Waals surface area contributed by atoms with Crippen LogP contribution in [-0.4, -0.2) is 41.0 Å². The Labute approximate surface area is 157 Å². The predicted octanol–water partition coefficient (Wildman–Crippen LogP) is 2.38. The van der Waals surface area contributed by atoms with Crippen molar-refractivity contribution in [3.63, 3.8) is 0 Å². The van der Waals surface area contributed by atoms with E-state index in [4.69, 9.17) is 14.2 Å². The summed E-state index contributed by atoms with van der Waals surface area (Å²) in [5.41, 5.74) is 2.18. The van der Waals surface area contributed by atoms with Crippen LogP contribution < -0.4 is 14.8 Å². The van der Waals surface area contributed by atoms with Crippen LogP contribution in [0.1, 0.15) is 35.1 Å². The molecule has 0 unspecified atom stereocenters. The van der Waals surface area contributed by atoms with E-state index in [9.17, 15) is 9.59 Å². The third-order valence-corrected chi connectivity index (χ3v) is 4.38. The molecule has 0 spiro atoms. The van der Waals surface area contributed by atoms with Crippen LogP contribution in [0, 0.1) is 13.8 Å². The summed E-state index contributed by atoms with van der Waals surface area (Å²) in [5.74, 6) is 0.223. The molecular weight excluding hydrogens is 350 g/mol. The monoisotopic (exact) mass is 373 g/mol. The molecular formula is C19H23N3O5. The van der Waals surface area contributed by atoms with Crippen molar-refractivity contribution in [3.8, 4) is 11.5 Å². The summed E-state index contributed by atoms with van der Waals surface area (Å²) in [6, 6.07) is 5.16. The van der Waals surface area contributed by atoms with E-state index in [2.05, 4.69) is 10.4 Å². The number of esters is 1. The first-order valence-corrected chi connectivity index (χ1v) is 8.78. The Morgan fingerprint density at radius 2 is 1.93 bits per heavy atom. The molecule has 2 aromatic rings. The van der Waals surface area contributed by atoms with Gasteiger partial charge in [0.05, 0.1) is 18.9 Å². The molecule has 0 bridgehead atoms. The quantitative estimate of drug-likeness (QED) is 0.828. The van der Waals surface area contributed by atoms with Crippen LogP contribution in [0.3, 0.4) is 0 Å². The third-order valence-electron chi connectivity index (χ3n) is 4.38. The smallest absolute Gasteiger partial charge is 0.342 e. The second-order valence-corrected chi connectivity index (χ2v) is 6.42. The van der Waals surface area contributed by atoms with Gasteiger partial charge < -0.3 is 19.5 Å². The highest BCUT2D eigenvalue weighted by molar-refractivity contribution is 5.98. The zero-order chi connectivity index (χ0) is 19.6. The molecule has 1 N–H and O–H groups in total. The predicted molar refractivity (Wildman–Crippen MR) is 98.2 cm³/mol. The number of carbonyl (C=O) groups is 2. The van der Waals surface area contributed by atoms with Crippen molar-refractivity contribution in [3.05, 3.63) is 35.2 Å². The maximum Gasteiger partial charge on any atom is 0.342 e. The Balaban J connectivity index is 1.65. The Morgan fingerprint density at radius 3 is 2.59 bits per heavy atom. The highest BCUT2D eigenvalue weighted by Crippen LogP contribution is 2.32. The molecule has 2 heterocycles. The molecule has 1 amide bonds. The highest BCUT2D eigenvalue weighted by Gasteiger charge is 2.24. The molecule has 1 aliphatic heterocycles. The number of rotatable bonds is 4. The summed E-state index contributed by atoms with van der Waals surface area (Å²) in [7, 11) is 1.75. The largest absolute Gasteiger partial charge is 0.490 e. The lowest BCUT2D eigenvalue weighted by Crippen LogP contribution is -2.30. The van der Waals surface area contributed by atoms with Crippen LogP contribution in [0.2, 0.25) is 0 Å². The molecule has 0 aliphatic carbocycles. The minimum absolute atomic E-state index is 0.382. The van der Waals surface area contributed by atoms with Gasteiger partial charge in [0.25, 0.3) is 5.91 Å². The van der Waals surface area contributed by atoms with Gasteiger partial charge in [-0.25, -0.2) is 4.79 Å². The maximum absolute atomic E-state index is 12.4. The van der Waals surface area contributed by atoms with Crippen LogP contribution in [0.25, 0.3) is 0 Å². The van der Waals surface area contributed by atoms with Gasteiger partial charge in [0.15, 0.2) is 17.6 Å². The van der Waals surface area contributed by atoms with E-state index in [1.165, 1.54) is 6.92 Å². The van der Waals surface area contributed by atoms with E-state index < -0.39 is 18.0 Å². The summed E-state index contributed by atoms with van der Waals surface area (Å²) < 4.78 is 18.1. The van der Waals surface area contributed by atoms with Crippen LogP contribution in [0.4, 0.5) is 5.69 Å². The molecule has 1 atom stereocenters. The van der Waals surface area contributed by atoms with Crippen molar-refractivity contribution in [1.29, 1.82) is 0 Å². The lowest BCUT2D eigenvalue weighted by atomic mass is 10.2. The molecule has 144 valence electrons. The number of nitrogens with one attached hydrogen (secondary N) is 1. The van der Waals surface area contributed by atoms with Gasteiger partial charge in [0.2, 0.25) is 0 Å². The van der Waals surface area contributed by atoms with E-state index >= 15 is 0 Å².